The van der Waals surface area contributed by atoms with Crippen LogP contribution < -0.4 is 4.90 Å². The van der Waals surface area contributed by atoms with E-state index >= 15 is 0 Å². The highest BCUT2D eigenvalue weighted by Crippen LogP contribution is 2.29. The highest BCUT2D eigenvalue weighted by Gasteiger charge is 2.21. The van der Waals surface area contributed by atoms with Gasteiger partial charge in [0.2, 0.25) is 0 Å². The van der Waals surface area contributed by atoms with Crippen LogP contribution in [-0.4, -0.2) is 26.8 Å². The maximum Gasteiger partial charge on any atom is 0.0642 e. The van der Waals surface area contributed by atoms with Gasteiger partial charge in [-0.05, 0) is 36.5 Å². The first kappa shape index (κ1) is 14.2. The zero-order valence-corrected chi connectivity index (χ0v) is 13.0. The fraction of sp³-hybridized carbons (Fsp3) is 0.571. The molecule has 2 nitrogen and oxygen atoms in total. The van der Waals surface area contributed by atoms with E-state index in [4.69, 9.17) is 16.3 Å². The lowest BCUT2D eigenvalue weighted by molar-refractivity contribution is 0.131. The van der Waals surface area contributed by atoms with Gasteiger partial charge in [-0.1, -0.05) is 33.6 Å². The van der Waals surface area contributed by atoms with E-state index in [2.05, 4.69) is 40.0 Å². The zero-order valence-electron chi connectivity index (χ0n) is 10.7. The van der Waals surface area contributed by atoms with Gasteiger partial charge in [0.15, 0.2) is 0 Å². The summed E-state index contributed by atoms with van der Waals surface area (Å²) in [6.07, 6.45) is 2.69. The van der Waals surface area contributed by atoms with Crippen LogP contribution in [0.4, 0.5) is 5.69 Å². The van der Waals surface area contributed by atoms with Crippen molar-refractivity contribution in [3.05, 3.63) is 28.8 Å². The van der Waals surface area contributed by atoms with Gasteiger partial charge in [-0.3, -0.25) is 0 Å². The molecule has 0 amide bonds. The molecule has 1 aromatic carbocycles. The highest BCUT2D eigenvalue weighted by molar-refractivity contribution is 9.08. The quantitative estimate of drug-likeness (QED) is 0.550. The molecule has 0 radical (unpaired) electrons. The Hall–Kier alpha value is -0.250. The third-order valence-electron chi connectivity index (χ3n) is 3.20. The second-order valence-electron chi connectivity index (χ2n) is 4.86. The van der Waals surface area contributed by atoms with Gasteiger partial charge in [0.05, 0.1) is 17.3 Å². The van der Waals surface area contributed by atoms with Crippen LogP contribution in [0, 0.1) is 5.92 Å². The van der Waals surface area contributed by atoms with E-state index in [9.17, 15) is 0 Å². The Labute approximate surface area is 122 Å². The fourth-order valence-electron chi connectivity index (χ4n) is 1.80. The molecule has 1 aromatic rings. The number of anilines is 1. The first-order valence-corrected chi connectivity index (χ1v) is 7.84. The number of alkyl halides is 1. The molecule has 0 saturated heterocycles. The molecule has 0 aliphatic heterocycles. The van der Waals surface area contributed by atoms with E-state index in [1.807, 2.05) is 6.07 Å². The van der Waals surface area contributed by atoms with Crippen molar-refractivity contribution in [2.75, 3.05) is 31.7 Å². The summed E-state index contributed by atoms with van der Waals surface area (Å²) in [5.41, 5.74) is 2.26. The van der Waals surface area contributed by atoms with Gasteiger partial charge < -0.3 is 9.64 Å². The molecule has 0 heterocycles. The molecule has 2 rings (SSSR count). The number of likely N-dealkylation sites (N-methyl/N-ethyl adjacent to an activating group) is 1. The lowest BCUT2D eigenvalue weighted by Gasteiger charge is -2.21. The second-order valence-corrected chi connectivity index (χ2v) is 5.83. The molecule has 0 spiro atoms. The minimum absolute atomic E-state index is 0.767. The topological polar surface area (TPSA) is 12.5 Å². The SMILES string of the molecule is CN(CCOCC1CC1)c1ccc(CBr)cc1Cl. The van der Waals surface area contributed by atoms with Crippen molar-refractivity contribution in [2.24, 2.45) is 5.92 Å². The van der Waals surface area contributed by atoms with Crippen molar-refractivity contribution in [1.29, 1.82) is 0 Å². The molecule has 1 saturated carbocycles. The van der Waals surface area contributed by atoms with Crippen LogP contribution >= 0.6 is 27.5 Å². The number of hydrogen-bond acceptors (Lipinski definition) is 2. The molecule has 100 valence electrons. The molecular formula is C14H19BrClNO. The molecule has 0 bridgehead atoms. The number of nitrogens with zero attached hydrogens (tertiary/aromatic N) is 1. The number of hydrogen-bond donors (Lipinski definition) is 0. The van der Waals surface area contributed by atoms with Gasteiger partial charge >= 0.3 is 0 Å². The Morgan fingerprint density at radius 3 is 2.83 bits per heavy atom. The summed E-state index contributed by atoms with van der Waals surface area (Å²) in [4.78, 5) is 2.15. The summed E-state index contributed by atoms with van der Waals surface area (Å²) in [6.45, 7) is 2.56. The number of halogens is 2. The van der Waals surface area contributed by atoms with Crippen molar-refractivity contribution < 1.29 is 4.74 Å². The average molecular weight is 333 g/mol. The number of rotatable bonds is 7. The first-order valence-electron chi connectivity index (χ1n) is 6.34. The zero-order chi connectivity index (χ0) is 13.0. The van der Waals surface area contributed by atoms with Crippen molar-refractivity contribution in [3.63, 3.8) is 0 Å². The van der Waals surface area contributed by atoms with Gasteiger partial charge in [0.1, 0.15) is 0 Å². The van der Waals surface area contributed by atoms with E-state index in [1.165, 1.54) is 18.4 Å². The molecule has 0 atom stereocenters. The molecular weight excluding hydrogens is 314 g/mol. The predicted molar refractivity (Wildman–Crippen MR) is 80.9 cm³/mol. The van der Waals surface area contributed by atoms with Crippen LogP contribution in [0.5, 0.6) is 0 Å². The van der Waals surface area contributed by atoms with Crippen LogP contribution in [0.3, 0.4) is 0 Å². The first-order chi connectivity index (χ1) is 8.70. The Balaban J connectivity index is 1.81. The normalized spacial score (nSPS) is 14.8. The third-order valence-corrected chi connectivity index (χ3v) is 4.15. The van der Waals surface area contributed by atoms with E-state index in [-0.39, 0.29) is 0 Å². The summed E-state index contributed by atoms with van der Waals surface area (Å²) in [6, 6.07) is 6.17. The van der Waals surface area contributed by atoms with Gasteiger partial charge in [0, 0.05) is 25.5 Å². The van der Waals surface area contributed by atoms with Crippen molar-refractivity contribution in [1.82, 2.24) is 0 Å². The molecule has 1 aliphatic carbocycles. The monoisotopic (exact) mass is 331 g/mol. The van der Waals surface area contributed by atoms with Crippen molar-refractivity contribution >= 4 is 33.2 Å². The maximum absolute atomic E-state index is 6.27. The Morgan fingerprint density at radius 2 is 2.22 bits per heavy atom. The fourth-order valence-corrected chi connectivity index (χ4v) is 2.50. The molecule has 0 aromatic heterocycles. The van der Waals surface area contributed by atoms with Gasteiger partial charge in [-0.25, -0.2) is 0 Å². The van der Waals surface area contributed by atoms with Gasteiger partial charge in [0.25, 0.3) is 0 Å². The summed E-state index contributed by atoms with van der Waals surface area (Å²) < 4.78 is 5.64. The summed E-state index contributed by atoms with van der Waals surface area (Å²) in [7, 11) is 2.05. The van der Waals surface area contributed by atoms with E-state index in [0.29, 0.717) is 0 Å². The average Bonchev–Trinajstić information content (AvgIpc) is 3.18. The maximum atomic E-state index is 6.27. The minimum atomic E-state index is 0.767. The number of benzene rings is 1. The summed E-state index contributed by atoms with van der Waals surface area (Å²) >= 11 is 9.70. The summed E-state index contributed by atoms with van der Waals surface area (Å²) in [5.74, 6) is 0.831. The smallest absolute Gasteiger partial charge is 0.0642 e. The second kappa shape index (κ2) is 6.78. The Kier molecular flexibility index (Phi) is 5.34. The van der Waals surface area contributed by atoms with Crippen LogP contribution in [0.15, 0.2) is 18.2 Å². The largest absolute Gasteiger partial charge is 0.379 e. The highest BCUT2D eigenvalue weighted by atomic mass is 79.9. The standard InChI is InChI=1S/C14H19BrClNO/c1-17(6-7-18-10-11-2-3-11)14-5-4-12(9-15)8-13(14)16/h4-5,8,11H,2-3,6-7,9-10H2,1H3. The predicted octanol–water partition coefficient (Wildman–Crippen LogP) is 4.10. The van der Waals surface area contributed by atoms with E-state index in [0.717, 1.165) is 41.7 Å². The van der Waals surface area contributed by atoms with E-state index in [1.54, 1.807) is 0 Å². The molecule has 0 N–H and O–H groups in total. The lowest BCUT2D eigenvalue weighted by atomic mass is 10.2. The third kappa shape index (κ3) is 4.15. The van der Waals surface area contributed by atoms with Crippen LogP contribution in [0.1, 0.15) is 18.4 Å². The Bertz CT molecular complexity index is 395. The Morgan fingerprint density at radius 1 is 1.44 bits per heavy atom. The molecule has 18 heavy (non-hydrogen) atoms. The van der Waals surface area contributed by atoms with Crippen LogP contribution in [-0.2, 0) is 10.1 Å². The summed E-state index contributed by atoms with van der Waals surface area (Å²) in [5, 5.41) is 1.64. The van der Waals surface area contributed by atoms with Crippen LogP contribution in [0.25, 0.3) is 0 Å². The molecule has 1 aliphatic rings. The van der Waals surface area contributed by atoms with E-state index < -0.39 is 0 Å². The van der Waals surface area contributed by atoms with Crippen molar-refractivity contribution in [3.8, 4) is 0 Å². The molecule has 1 fully saturated rings. The molecule has 0 unspecified atom stereocenters. The molecule has 4 heteroatoms. The van der Waals surface area contributed by atoms with Crippen LogP contribution in [0.2, 0.25) is 5.02 Å². The van der Waals surface area contributed by atoms with Gasteiger partial charge in [-0.2, -0.15) is 0 Å². The lowest BCUT2D eigenvalue weighted by Crippen LogP contribution is -2.23. The van der Waals surface area contributed by atoms with Crippen molar-refractivity contribution in [2.45, 2.75) is 18.2 Å². The number of ether oxygens (including phenoxy) is 1. The van der Waals surface area contributed by atoms with Gasteiger partial charge in [-0.15, -0.1) is 0 Å². The minimum Gasteiger partial charge on any atom is -0.379 e.